The molecule has 34 heavy (non-hydrogen) atoms. The SMILES string of the molecule is C[C@H](CCCCCc1ccccc1)[C@H](O)C=C[C@H]1CCC(=O)N1CCCc1ccc(C(=O)O)s1. The lowest BCUT2D eigenvalue weighted by Gasteiger charge is -2.23. The third kappa shape index (κ3) is 8.10. The van der Waals surface area contributed by atoms with Gasteiger partial charge in [0.25, 0.3) is 0 Å². The minimum atomic E-state index is -0.892. The molecule has 5 nitrogen and oxygen atoms in total. The fourth-order valence-electron chi connectivity index (χ4n) is 4.52. The molecule has 1 amide bonds. The average molecular weight is 484 g/mol. The van der Waals surface area contributed by atoms with Gasteiger partial charge in [-0.1, -0.05) is 62.2 Å². The number of aromatic carboxylic acids is 1. The summed E-state index contributed by atoms with van der Waals surface area (Å²) in [5.74, 6) is -0.537. The molecule has 0 saturated carbocycles. The average Bonchev–Trinajstić information content (AvgIpc) is 3.45. The van der Waals surface area contributed by atoms with Gasteiger partial charge in [0.15, 0.2) is 0 Å². The first kappa shape index (κ1) is 26.2. The van der Waals surface area contributed by atoms with Gasteiger partial charge in [0.1, 0.15) is 4.88 Å². The molecule has 1 aliphatic heterocycles. The first-order chi connectivity index (χ1) is 16.4. The predicted molar refractivity (Wildman–Crippen MR) is 137 cm³/mol. The van der Waals surface area contributed by atoms with Gasteiger partial charge in [0, 0.05) is 17.8 Å². The van der Waals surface area contributed by atoms with Gasteiger partial charge in [-0.05, 0) is 62.1 Å². The largest absolute Gasteiger partial charge is 0.477 e. The van der Waals surface area contributed by atoms with Crippen LogP contribution < -0.4 is 0 Å². The molecule has 3 atom stereocenters. The molecule has 2 heterocycles. The van der Waals surface area contributed by atoms with Crippen LogP contribution in [0.3, 0.4) is 0 Å². The molecule has 1 aromatic carbocycles. The van der Waals surface area contributed by atoms with Crippen molar-refractivity contribution in [3.05, 3.63) is 69.9 Å². The summed E-state index contributed by atoms with van der Waals surface area (Å²) in [5.41, 5.74) is 1.38. The Labute approximate surface area is 207 Å². The Morgan fingerprint density at radius 3 is 2.65 bits per heavy atom. The number of carboxylic acids is 1. The van der Waals surface area contributed by atoms with Crippen LogP contribution in [0.5, 0.6) is 0 Å². The number of hydrogen-bond acceptors (Lipinski definition) is 4. The molecule has 0 aliphatic carbocycles. The van der Waals surface area contributed by atoms with Gasteiger partial charge in [0.05, 0.1) is 12.1 Å². The van der Waals surface area contributed by atoms with Gasteiger partial charge in [-0.2, -0.15) is 0 Å². The summed E-state index contributed by atoms with van der Waals surface area (Å²) in [5, 5.41) is 19.7. The number of aliphatic hydroxyl groups excluding tert-OH is 1. The maximum Gasteiger partial charge on any atom is 0.345 e. The molecule has 0 radical (unpaired) electrons. The van der Waals surface area contributed by atoms with Crippen LogP contribution in [0.25, 0.3) is 0 Å². The lowest BCUT2D eigenvalue weighted by molar-refractivity contribution is -0.128. The van der Waals surface area contributed by atoms with Crippen LogP contribution in [0, 0.1) is 5.92 Å². The Bertz CT molecular complexity index is 939. The summed E-state index contributed by atoms with van der Waals surface area (Å²) in [6, 6.07) is 14.1. The van der Waals surface area contributed by atoms with Gasteiger partial charge in [-0.25, -0.2) is 4.79 Å². The third-order valence-corrected chi connectivity index (χ3v) is 7.78. The standard InChI is InChI=1S/C28H37NO4S/c1-21(9-4-2-5-10-22-11-6-3-7-12-22)25(30)17-14-23-15-19-27(31)29(23)20-8-13-24-16-18-26(34-24)28(32)33/h3,6-7,11-12,14,16-18,21,23,25,30H,2,4-5,8-10,13,15,19-20H2,1H3,(H,32,33)/t21-,23+,25-/m1/s1. The summed E-state index contributed by atoms with van der Waals surface area (Å²) in [4.78, 5) is 26.7. The zero-order chi connectivity index (χ0) is 24.3. The number of benzene rings is 1. The second-order valence-electron chi connectivity index (χ2n) is 9.31. The van der Waals surface area contributed by atoms with E-state index in [1.807, 2.05) is 29.2 Å². The van der Waals surface area contributed by atoms with Crippen LogP contribution in [-0.4, -0.2) is 45.7 Å². The van der Waals surface area contributed by atoms with Crippen molar-refractivity contribution in [1.29, 1.82) is 0 Å². The summed E-state index contributed by atoms with van der Waals surface area (Å²) in [6.07, 6.45) is 11.8. The molecule has 1 aromatic heterocycles. The number of carbonyl (C=O) groups excluding carboxylic acids is 1. The van der Waals surface area contributed by atoms with Crippen molar-refractivity contribution in [3.8, 4) is 0 Å². The van der Waals surface area contributed by atoms with Crippen LogP contribution in [0.4, 0.5) is 0 Å². The van der Waals surface area contributed by atoms with E-state index in [9.17, 15) is 14.7 Å². The Hall–Kier alpha value is -2.44. The molecule has 3 rings (SSSR count). The Balaban J connectivity index is 1.37. The highest BCUT2D eigenvalue weighted by Gasteiger charge is 2.28. The second kappa shape index (κ2) is 13.4. The predicted octanol–water partition coefficient (Wildman–Crippen LogP) is 5.73. The quantitative estimate of drug-likeness (QED) is 0.266. The van der Waals surface area contributed by atoms with Gasteiger partial charge in [0.2, 0.25) is 5.91 Å². The van der Waals surface area contributed by atoms with E-state index in [1.54, 1.807) is 6.07 Å². The number of aliphatic hydroxyl groups is 1. The van der Waals surface area contributed by atoms with Gasteiger partial charge in [-0.15, -0.1) is 11.3 Å². The highest BCUT2D eigenvalue weighted by Crippen LogP contribution is 2.23. The van der Waals surface area contributed by atoms with Gasteiger partial charge >= 0.3 is 5.97 Å². The normalized spacial score (nSPS) is 18.0. The number of rotatable bonds is 14. The van der Waals surface area contributed by atoms with Crippen molar-refractivity contribution in [2.24, 2.45) is 5.92 Å². The number of unbranched alkanes of at least 4 members (excludes halogenated alkanes) is 2. The van der Waals surface area contributed by atoms with E-state index in [0.29, 0.717) is 17.8 Å². The lowest BCUT2D eigenvalue weighted by Crippen LogP contribution is -2.33. The van der Waals surface area contributed by atoms with Crippen LogP contribution in [0.2, 0.25) is 0 Å². The monoisotopic (exact) mass is 483 g/mol. The number of aryl methyl sites for hydroxylation is 2. The number of carboxylic acid groups (broad SMARTS) is 1. The minimum Gasteiger partial charge on any atom is -0.477 e. The smallest absolute Gasteiger partial charge is 0.345 e. The van der Waals surface area contributed by atoms with Crippen molar-refractivity contribution < 1.29 is 19.8 Å². The molecule has 184 valence electrons. The number of likely N-dealkylation sites (tertiary alicyclic amines) is 1. The number of carbonyl (C=O) groups is 2. The minimum absolute atomic E-state index is 0.0399. The second-order valence-corrected chi connectivity index (χ2v) is 10.5. The summed E-state index contributed by atoms with van der Waals surface area (Å²) < 4.78 is 0. The Morgan fingerprint density at radius 1 is 1.12 bits per heavy atom. The fraction of sp³-hybridized carbons (Fsp3) is 0.500. The molecule has 0 unspecified atom stereocenters. The van der Waals surface area contributed by atoms with Crippen molar-refractivity contribution >= 4 is 23.2 Å². The van der Waals surface area contributed by atoms with Crippen LogP contribution in [0.1, 0.15) is 72.0 Å². The zero-order valence-electron chi connectivity index (χ0n) is 20.1. The Kier molecular flexibility index (Phi) is 10.4. The molecule has 1 fully saturated rings. The topological polar surface area (TPSA) is 77.8 Å². The highest BCUT2D eigenvalue weighted by atomic mass is 32.1. The first-order valence-electron chi connectivity index (χ1n) is 12.5. The molecular formula is C28H37NO4S. The van der Waals surface area contributed by atoms with Gasteiger partial charge < -0.3 is 15.1 Å². The fourth-order valence-corrected chi connectivity index (χ4v) is 5.41. The Morgan fingerprint density at radius 2 is 1.91 bits per heavy atom. The van der Waals surface area contributed by atoms with E-state index < -0.39 is 12.1 Å². The molecular weight excluding hydrogens is 446 g/mol. The summed E-state index contributed by atoms with van der Waals surface area (Å²) in [6.45, 7) is 2.75. The van der Waals surface area contributed by atoms with E-state index in [4.69, 9.17) is 5.11 Å². The van der Waals surface area contributed by atoms with E-state index in [1.165, 1.54) is 29.7 Å². The molecule has 1 saturated heterocycles. The van der Waals surface area contributed by atoms with Crippen LogP contribution >= 0.6 is 11.3 Å². The van der Waals surface area contributed by atoms with E-state index in [0.717, 1.165) is 43.4 Å². The van der Waals surface area contributed by atoms with E-state index >= 15 is 0 Å². The van der Waals surface area contributed by atoms with Crippen molar-refractivity contribution in [2.75, 3.05) is 6.54 Å². The van der Waals surface area contributed by atoms with E-state index in [2.05, 4.69) is 31.2 Å². The number of thiophene rings is 1. The molecule has 6 heteroatoms. The maximum absolute atomic E-state index is 12.4. The number of hydrogen-bond donors (Lipinski definition) is 2. The summed E-state index contributed by atoms with van der Waals surface area (Å²) >= 11 is 1.30. The molecule has 0 bridgehead atoms. The molecule has 2 N–H and O–H groups in total. The first-order valence-corrected chi connectivity index (χ1v) is 13.3. The van der Waals surface area contributed by atoms with E-state index in [-0.39, 0.29) is 17.9 Å². The van der Waals surface area contributed by atoms with Crippen molar-refractivity contribution in [2.45, 2.75) is 76.9 Å². The third-order valence-electron chi connectivity index (χ3n) is 6.65. The zero-order valence-corrected chi connectivity index (χ0v) is 20.9. The molecule has 2 aromatic rings. The van der Waals surface area contributed by atoms with Gasteiger partial charge in [-0.3, -0.25) is 4.79 Å². The molecule has 1 aliphatic rings. The number of amides is 1. The van der Waals surface area contributed by atoms with Crippen molar-refractivity contribution in [3.63, 3.8) is 0 Å². The number of nitrogens with zero attached hydrogens (tertiary/aromatic N) is 1. The lowest BCUT2D eigenvalue weighted by atomic mass is 9.95. The van der Waals surface area contributed by atoms with Crippen LogP contribution in [0.15, 0.2) is 54.6 Å². The highest BCUT2D eigenvalue weighted by molar-refractivity contribution is 7.13. The molecule has 0 spiro atoms. The summed E-state index contributed by atoms with van der Waals surface area (Å²) in [7, 11) is 0. The maximum atomic E-state index is 12.4. The van der Waals surface area contributed by atoms with Crippen LogP contribution in [-0.2, 0) is 17.6 Å². The van der Waals surface area contributed by atoms with Crippen molar-refractivity contribution in [1.82, 2.24) is 4.90 Å².